The Morgan fingerprint density at radius 2 is 1.97 bits per heavy atom. The fraction of sp³-hybridized carbons (Fsp3) is 0.409. The highest BCUT2D eigenvalue weighted by atomic mass is 32.1. The summed E-state index contributed by atoms with van der Waals surface area (Å²) in [5, 5.41) is 5.06. The maximum absolute atomic E-state index is 12.8. The van der Waals surface area contributed by atoms with Crippen LogP contribution >= 0.6 is 11.3 Å². The molecule has 30 heavy (non-hydrogen) atoms. The summed E-state index contributed by atoms with van der Waals surface area (Å²) in [4.78, 5) is 40.4. The molecule has 7 nitrogen and oxygen atoms in total. The number of nitrogens with zero attached hydrogens (tertiary/aromatic N) is 2. The molecule has 1 atom stereocenters. The van der Waals surface area contributed by atoms with Crippen LogP contribution < -0.4 is 11.1 Å². The molecule has 2 fully saturated rings. The molecule has 156 valence electrons. The molecule has 2 amide bonds. The van der Waals surface area contributed by atoms with Gasteiger partial charge in [-0.05, 0) is 48.3 Å². The number of aromatic nitrogens is 1. The van der Waals surface area contributed by atoms with Gasteiger partial charge < -0.3 is 14.6 Å². The number of fused-ring (bicyclic) bond motifs is 1. The highest BCUT2D eigenvalue weighted by Crippen LogP contribution is 2.59. The van der Waals surface area contributed by atoms with E-state index < -0.39 is 5.76 Å². The van der Waals surface area contributed by atoms with Crippen LogP contribution in [0.25, 0.3) is 11.1 Å². The summed E-state index contributed by atoms with van der Waals surface area (Å²) in [5.74, 6) is -0.421. The minimum Gasteiger partial charge on any atom is -0.408 e. The molecule has 0 radical (unpaired) electrons. The van der Waals surface area contributed by atoms with Gasteiger partial charge in [0.1, 0.15) is 6.54 Å². The second-order valence-electron chi connectivity index (χ2n) is 8.22. The van der Waals surface area contributed by atoms with Gasteiger partial charge in [-0.15, -0.1) is 11.3 Å². The van der Waals surface area contributed by atoms with Crippen molar-refractivity contribution in [2.75, 3.05) is 13.1 Å². The molecule has 1 spiro atoms. The van der Waals surface area contributed by atoms with Crippen LogP contribution in [-0.2, 0) is 22.7 Å². The van der Waals surface area contributed by atoms with E-state index in [1.54, 1.807) is 34.4 Å². The molecule has 5 rings (SSSR count). The Morgan fingerprint density at radius 3 is 2.73 bits per heavy atom. The Kier molecular flexibility index (Phi) is 4.73. The summed E-state index contributed by atoms with van der Waals surface area (Å²) < 4.78 is 6.60. The van der Waals surface area contributed by atoms with Crippen LogP contribution in [0.5, 0.6) is 0 Å². The Bertz CT molecular complexity index is 1140. The van der Waals surface area contributed by atoms with Crippen molar-refractivity contribution in [3.63, 3.8) is 0 Å². The minimum absolute atomic E-state index is 0.0203. The fourth-order valence-corrected chi connectivity index (χ4v) is 5.23. The first-order valence-corrected chi connectivity index (χ1v) is 11.1. The van der Waals surface area contributed by atoms with E-state index in [0.29, 0.717) is 30.7 Å². The Balaban J connectivity index is 1.16. The molecular weight excluding hydrogens is 402 g/mol. The summed E-state index contributed by atoms with van der Waals surface area (Å²) in [6.07, 6.45) is 2.56. The van der Waals surface area contributed by atoms with Gasteiger partial charge in [0.2, 0.25) is 11.8 Å². The molecule has 8 heteroatoms. The van der Waals surface area contributed by atoms with Gasteiger partial charge in [0.05, 0.1) is 12.1 Å². The maximum Gasteiger partial charge on any atom is 0.420 e. The van der Waals surface area contributed by atoms with Crippen LogP contribution in [0.3, 0.4) is 0 Å². The lowest BCUT2D eigenvalue weighted by Crippen LogP contribution is -2.42. The highest BCUT2D eigenvalue weighted by molar-refractivity contribution is 7.09. The lowest BCUT2D eigenvalue weighted by molar-refractivity contribution is -0.133. The van der Waals surface area contributed by atoms with Crippen LogP contribution in [0.2, 0.25) is 0 Å². The molecule has 1 aliphatic heterocycles. The van der Waals surface area contributed by atoms with Crippen LogP contribution in [0.1, 0.15) is 24.1 Å². The second-order valence-corrected chi connectivity index (χ2v) is 9.25. The zero-order valence-electron chi connectivity index (χ0n) is 16.5. The number of amides is 2. The summed E-state index contributed by atoms with van der Waals surface area (Å²) in [6, 6.07) is 11.1. The van der Waals surface area contributed by atoms with Crippen LogP contribution in [-0.4, -0.2) is 34.4 Å². The summed E-state index contributed by atoms with van der Waals surface area (Å²) in [5.41, 5.74) is 1.16. The number of carbonyl (C=O) groups excluding carboxylic acids is 2. The van der Waals surface area contributed by atoms with E-state index in [0.717, 1.165) is 24.1 Å². The molecule has 1 saturated heterocycles. The topological polar surface area (TPSA) is 84.5 Å². The quantitative estimate of drug-likeness (QED) is 0.681. The molecule has 2 aromatic heterocycles. The Hall–Kier alpha value is -2.87. The van der Waals surface area contributed by atoms with Gasteiger partial charge in [-0.3, -0.25) is 14.2 Å². The standard InChI is InChI=1S/C22H23N3O4S/c26-19(14-25-17-5-1-2-6-18(17)29-21(25)28)24-9-7-22(8-10-24)12-16(22)20(27)23-13-15-4-3-11-30-15/h1-6,11,16H,7-10,12-14H2,(H,23,27). The first-order chi connectivity index (χ1) is 14.6. The third kappa shape index (κ3) is 3.45. The van der Waals surface area contributed by atoms with E-state index >= 15 is 0 Å². The van der Waals surface area contributed by atoms with Gasteiger partial charge in [-0.1, -0.05) is 18.2 Å². The predicted octanol–water partition coefficient (Wildman–Crippen LogP) is 2.60. The molecule has 3 heterocycles. The predicted molar refractivity (Wildman–Crippen MR) is 113 cm³/mol. The van der Waals surface area contributed by atoms with E-state index in [9.17, 15) is 14.4 Å². The van der Waals surface area contributed by atoms with Gasteiger partial charge in [-0.25, -0.2) is 4.79 Å². The van der Waals surface area contributed by atoms with Crippen molar-refractivity contribution in [2.24, 2.45) is 11.3 Å². The van der Waals surface area contributed by atoms with Crippen LogP contribution in [0, 0.1) is 11.3 Å². The molecule has 2 aliphatic rings. The maximum atomic E-state index is 12.8. The normalized spacial score (nSPS) is 19.9. The summed E-state index contributed by atoms with van der Waals surface area (Å²) >= 11 is 1.64. The summed E-state index contributed by atoms with van der Waals surface area (Å²) in [6.45, 7) is 1.81. The van der Waals surface area contributed by atoms with Gasteiger partial charge in [0.25, 0.3) is 0 Å². The third-order valence-corrected chi connectivity index (χ3v) is 7.38. The second kappa shape index (κ2) is 7.43. The Morgan fingerprint density at radius 1 is 1.17 bits per heavy atom. The van der Waals surface area contributed by atoms with Crippen molar-refractivity contribution >= 4 is 34.3 Å². The van der Waals surface area contributed by atoms with Crippen LogP contribution in [0.15, 0.2) is 51.0 Å². The van der Waals surface area contributed by atoms with Gasteiger partial charge >= 0.3 is 5.76 Å². The molecule has 0 bridgehead atoms. The molecule has 1 saturated carbocycles. The Labute approximate surface area is 177 Å². The number of carbonyl (C=O) groups is 2. The zero-order valence-corrected chi connectivity index (χ0v) is 17.3. The van der Waals surface area contributed by atoms with Crippen molar-refractivity contribution in [1.82, 2.24) is 14.8 Å². The number of likely N-dealkylation sites (tertiary alicyclic amines) is 1. The molecular formula is C22H23N3O4S. The molecule has 1 aromatic carbocycles. The number of rotatable bonds is 5. The monoisotopic (exact) mass is 425 g/mol. The fourth-order valence-electron chi connectivity index (χ4n) is 4.58. The van der Waals surface area contributed by atoms with E-state index in [4.69, 9.17) is 4.42 Å². The number of benzene rings is 1. The number of thiophene rings is 1. The largest absolute Gasteiger partial charge is 0.420 e. The van der Waals surface area contributed by atoms with E-state index in [2.05, 4.69) is 5.32 Å². The lowest BCUT2D eigenvalue weighted by Gasteiger charge is -2.33. The number of piperidine rings is 1. The number of oxazole rings is 1. The smallest absolute Gasteiger partial charge is 0.408 e. The number of nitrogens with one attached hydrogen (secondary N) is 1. The highest BCUT2D eigenvalue weighted by Gasteiger charge is 2.58. The molecule has 1 aliphatic carbocycles. The van der Waals surface area contributed by atoms with Gasteiger partial charge in [0.15, 0.2) is 5.58 Å². The SMILES string of the molecule is O=C(NCc1cccs1)C1CC12CCN(C(=O)Cn1c(=O)oc3ccccc31)CC2. The van der Waals surface area contributed by atoms with E-state index in [-0.39, 0.29) is 29.7 Å². The molecule has 3 aromatic rings. The average Bonchev–Trinajstić information content (AvgIpc) is 3.09. The van der Waals surface area contributed by atoms with Crippen molar-refractivity contribution in [1.29, 1.82) is 0 Å². The first-order valence-electron chi connectivity index (χ1n) is 10.2. The van der Waals surface area contributed by atoms with E-state index in [1.807, 2.05) is 23.6 Å². The van der Waals surface area contributed by atoms with Crippen LogP contribution in [0.4, 0.5) is 0 Å². The average molecular weight is 426 g/mol. The zero-order chi connectivity index (χ0) is 20.7. The lowest BCUT2D eigenvalue weighted by atomic mass is 9.90. The van der Waals surface area contributed by atoms with Crippen molar-refractivity contribution in [2.45, 2.75) is 32.4 Å². The summed E-state index contributed by atoms with van der Waals surface area (Å²) in [7, 11) is 0. The number of hydrogen-bond acceptors (Lipinski definition) is 5. The van der Waals surface area contributed by atoms with Crippen molar-refractivity contribution in [3.8, 4) is 0 Å². The minimum atomic E-state index is -0.511. The van der Waals surface area contributed by atoms with Crippen molar-refractivity contribution < 1.29 is 14.0 Å². The third-order valence-electron chi connectivity index (χ3n) is 6.50. The van der Waals surface area contributed by atoms with Gasteiger partial charge in [-0.2, -0.15) is 0 Å². The van der Waals surface area contributed by atoms with E-state index in [1.165, 1.54) is 4.57 Å². The molecule has 1 unspecified atom stereocenters. The molecule has 1 N–H and O–H groups in total. The first kappa shape index (κ1) is 19.1. The number of hydrogen-bond donors (Lipinski definition) is 1. The number of para-hydroxylation sites is 2. The van der Waals surface area contributed by atoms with Crippen molar-refractivity contribution in [3.05, 3.63) is 57.2 Å². The van der Waals surface area contributed by atoms with Gasteiger partial charge in [0, 0.05) is 23.9 Å².